The Morgan fingerprint density at radius 3 is 2.68 bits per heavy atom. The maximum atomic E-state index is 12.2. The quantitative estimate of drug-likeness (QED) is 0.756. The zero-order valence-electron chi connectivity index (χ0n) is 10.2. The minimum atomic E-state index is -0.435. The molecule has 0 aliphatic heterocycles. The highest BCUT2D eigenvalue weighted by atomic mass is 16.3. The molecule has 0 aliphatic rings. The van der Waals surface area contributed by atoms with Crippen LogP contribution in [0.4, 0.5) is 11.4 Å². The third-order valence-electron chi connectivity index (χ3n) is 2.71. The summed E-state index contributed by atoms with van der Waals surface area (Å²) in [5.41, 5.74) is 6.67. The normalized spacial score (nSPS) is 10.2. The van der Waals surface area contributed by atoms with Crippen molar-refractivity contribution < 1.29 is 15.0 Å². The highest BCUT2D eigenvalue weighted by Gasteiger charge is 2.18. The maximum Gasteiger partial charge on any atom is 0.261 e. The number of pyridine rings is 1. The standard InChI is InChI=1S/C13H13N3O3/c1-16(11-4-5-15-7-10(11)14)13(19)9-3-2-8(17)6-12(9)18/h2-7,17-18H,14H2,1H3. The van der Waals surface area contributed by atoms with E-state index in [0.717, 1.165) is 6.07 Å². The van der Waals surface area contributed by atoms with Gasteiger partial charge in [-0.2, -0.15) is 0 Å². The van der Waals surface area contributed by atoms with Gasteiger partial charge >= 0.3 is 0 Å². The molecule has 6 heteroatoms. The number of carbonyl (C=O) groups is 1. The summed E-state index contributed by atoms with van der Waals surface area (Å²) >= 11 is 0. The molecule has 0 bridgehead atoms. The van der Waals surface area contributed by atoms with Crippen molar-refractivity contribution in [3.05, 3.63) is 42.2 Å². The van der Waals surface area contributed by atoms with Crippen LogP contribution in [0.5, 0.6) is 11.5 Å². The molecule has 6 nitrogen and oxygen atoms in total. The molecule has 0 unspecified atom stereocenters. The van der Waals surface area contributed by atoms with Crippen molar-refractivity contribution in [2.24, 2.45) is 0 Å². The van der Waals surface area contributed by atoms with Gasteiger partial charge in [-0.15, -0.1) is 0 Å². The van der Waals surface area contributed by atoms with Crippen LogP contribution in [0.25, 0.3) is 0 Å². The average Bonchev–Trinajstić information content (AvgIpc) is 2.38. The van der Waals surface area contributed by atoms with Crippen molar-refractivity contribution in [1.82, 2.24) is 4.98 Å². The van der Waals surface area contributed by atoms with Crippen molar-refractivity contribution in [1.29, 1.82) is 0 Å². The van der Waals surface area contributed by atoms with Gasteiger partial charge in [0.2, 0.25) is 0 Å². The average molecular weight is 259 g/mol. The first-order valence-electron chi connectivity index (χ1n) is 5.50. The summed E-state index contributed by atoms with van der Waals surface area (Å²) < 4.78 is 0. The zero-order valence-corrected chi connectivity index (χ0v) is 10.2. The van der Waals surface area contributed by atoms with E-state index in [0.29, 0.717) is 11.4 Å². The van der Waals surface area contributed by atoms with Gasteiger partial charge in [0.15, 0.2) is 0 Å². The molecule has 0 aliphatic carbocycles. The fourth-order valence-corrected chi connectivity index (χ4v) is 1.70. The highest BCUT2D eigenvalue weighted by Crippen LogP contribution is 2.27. The predicted octanol–water partition coefficient (Wildman–Crippen LogP) is 1.35. The van der Waals surface area contributed by atoms with Crippen molar-refractivity contribution in [3.8, 4) is 11.5 Å². The molecule has 0 atom stereocenters. The number of anilines is 2. The molecule has 0 saturated carbocycles. The van der Waals surface area contributed by atoms with Crippen LogP contribution in [0.3, 0.4) is 0 Å². The number of nitrogen functional groups attached to an aromatic ring is 1. The zero-order chi connectivity index (χ0) is 14.0. The second-order valence-electron chi connectivity index (χ2n) is 4.00. The summed E-state index contributed by atoms with van der Waals surface area (Å²) in [7, 11) is 1.54. The maximum absolute atomic E-state index is 12.2. The molecular formula is C13H13N3O3. The fourth-order valence-electron chi connectivity index (χ4n) is 1.70. The van der Waals surface area contributed by atoms with Crippen LogP contribution in [-0.4, -0.2) is 28.2 Å². The molecule has 0 saturated heterocycles. The SMILES string of the molecule is CN(C(=O)c1ccc(O)cc1O)c1ccncc1N. The number of amides is 1. The van der Waals surface area contributed by atoms with Crippen LogP contribution in [0, 0.1) is 0 Å². The lowest BCUT2D eigenvalue weighted by molar-refractivity contribution is 0.0990. The van der Waals surface area contributed by atoms with E-state index >= 15 is 0 Å². The van der Waals surface area contributed by atoms with Crippen molar-refractivity contribution in [2.45, 2.75) is 0 Å². The van der Waals surface area contributed by atoms with Crippen LogP contribution < -0.4 is 10.6 Å². The molecule has 0 fully saturated rings. The first kappa shape index (κ1) is 12.7. The van der Waals surface area contributed by atoms with E-state index in [9.17, 15) is 15.0 Å². The monoisotopic (exact) mass is 259 g/mol. The van der Waals surface area contributed by atoms with Crippen LogP contribution in [-0.2, 0) is 0 Å². The van der Waals surface area contributed by atoms with Crippen LogP contribution in [0.2, 0.25) is 0 Å². The molecule has 2 aromatic rings. The molecule has 1 aromatic carbocycles. The Morgan fingerprint density at radius 2 is 2.05 bits per heavy atom. The van der Waals surface area contributed by atoms with E-state index in [1.807, 2.05) is 0 Å². The summed E-state index contributed by atoms with van der Waals surface area (Å²) in [6.07, 6.45) is 2.96. The van der Waals surface area contributed by atoms with Crippen LogP contribution in [0.15, 0.2) is 36.7 Å². The molecule has 0 radical (unpaired) electrons. The molecular weight excluding hydrogens is 246 g/mol. The van der Waals surface area contributed by atoms with E-state index in [1.165, 1.54) is 29.4 Å². The van der Waals surface area contributed by atoms with Crippen molar-refractivity contribution >= 4 is 17.3 Å². The molecule has 4 N–H and O–H groups in total. The molecule has 0 spiro atoms. The predicted molar refractivity (Wildman–Crippen MR) is 71.2 cm³/mol. The number of nitrogens with two attached hydrogens (primary N) is 1. The highest BCUT2D eigenvalue weighted by molar-refractivity contribution is 6.08. The molecule has 1 aromatic heterocycles. The number of aromatic hydroxyl groups is 2. The van der Waals surface area contributed by atoms with Gasteiger partial charge in [0.05, 0.1) is 23.1 Å². The van der Waals surface area contributed by atoms with E-state index < -0.39 is 5.91 Å². The van der Waals surface area contributed by atoms with Gasteiger partial charge in [-0.25, -0.2) is 0 Å². The van der Waals surface area contributed by atoms with Gasteiger partial charge < -0.3 is 20.8 Å². The Kier molecular flexibility index (Phi) is 3.24. The second kappa shape index (κ2) is 4.85. The number of phenols is 2. The van der Waals surface area contributed by atoms with Gasteiger partial charge in [0, 0.05) is 19.3 Å². The minimum absolute atomic E-state index is 0.0801. The summed E-state index contributed by atoms with van der Waals surface area (Å²) in [5, 5.41) is 18.9. The summed E-state index contributed by atoms with van der Waals surface area (Å²) in [6, 6.07) is 5.39. The van der Waals surface area contributed by atoms with Crippen LogP contribution >= 0.6 is 0 Å². The van der Waals surface area contributed by atoms with E-state index in [-0.39, 0.29) is 17.1 Å². The minimum Gasteiger partial charge on any atom is -0.508 e. The lowest BCUT2D eigenvalue weighted by Crippen LogP contribution is -2.27. The number of hydrogen-bond donors (Lipinski definition) is 3. The molecule has 2 rings (SSSR count). The van der Waals surface area contributed by atoms with Gasteiger partial charge in [-0.05, 0) is 18.2 Å². The van der Waals surface area contributed by atoms with Gasteiger partial charge in [0.25, 0.3) is 5.91 Å². The van der Waals surface area contributed by atoms with Gasteiger partial charge in [0.1, 0.15) is 11.5 Å². The smallest absolute Gasteiger partial charge is 0.261 e. The third-order valence-corrected chi connectivity index (χ3v) is 2.71. The van der Waals surface area contributed by atoms with Crippen LogP contribution in [0.1, 0.15) is 10.4 Å². The lowest BCUT2D eigenvalue weighted by atomic mass is 10.1. The van der Waals surface area contributed by atoms with E-state index in [1.54, 1.807) is 13.1 Å². The van der Waals surface area contributed by atoms with Gasteiger partial charge in [-0.3, -0.25) is 9.78 Å². The number of hydrogen-bond acceptors (Lipinski definition) is 5. The Morgan fingerprint density at radius 1 is 1.32 bits per heavy atom. The number of carbonyl (C=O) groups excluding carboxylic acids is 1. The first-order valence-corrected chi connectivity index (χ1v) is 5.50. The van der Waals surface area contributed by atoms with Crippen molar-refractivity contribution in [3.63, 3.8) is 0 Å². The third kappa shape index (κ3) is 2.42. The Bertz CT molecular complexity index is 628. The first-order chi connectivity index (χ1) is 9.00. The number of nitrogens with zero attached hydrogens (tertiary/aromatic N) is 2. The Labute approximate surface area is 109 Å². The second-order valence-corrected chi connectivity index (χ2v) is 4.00. The Balaban J connectivity index is 2.37. The van der Waals surface area contributed by atoms with Crippen molar-refractivity contribution in [2.75, 3.05) is 17.7 Å². The van der Waals surface area contributed by atoms with Gasteiger partial charge in [-0.1, -0.05) is 0 Å². The molecule has 19 heavy (non-hydrogen) atoms. The van der Waals surface area contributed by atoms with E-state index in [4.69, 9.17) is 5.73 Å². The number of rotatable bonds is 2. The Hall–Kier alpha value is -2.76. The lowest BCUT2D eigenvalue weighted by Gasteiger charge is -2.19. The molecule has 98 valence electrons. The number of aromatic nitrogens is 1. The summed E-state index contributed by atoms with van der Waals surface area (Å²) in [5.74, 6) is -0.833. The summed E-state index contributed by atoms with van der Waals surface area (Å²) in [4.78, 5) is 17.4. The largest absolute Gasteiger partial charge is 0.508 e. The topological polar surface area (TPSA) is 99.7 Å². The molecule has 1 heterocycles. The number of benzene rings is 1. The fraction of sp³-hybridized carbons (Fsp3) is 0.0769. The molecule has 1 amide bonds. The van der Waals surface area contributed by atoms with E-state index in [2.05, 4.69) is 4.98 Å². The number of phenolic OH excluding ortho intramolecular Hbond substituents is 2. The summed E-state index contributed by atoms with van der Waals surface area (Å²) in [6.45, 7) is 0.